The molecule has 8 heteroatoms. The molecule has 0 aromatic carbocycles. The summed E-state index contributed by atoms with van der Waals surface area (Å²) in [4.78, 5) is 10.8. The summed E-state index contributed by atoms with van der Waals surface area (Å²) in [5.41, 5.74) is 0. The molecule has 2 aliphatic heterocycles. The highest BCUT2D eigenvalue weighted by Crippen LogP contribution is 2.30. The molecule has 158 valence electrons. The molecule has 1 unspecified atom stereocenters. The van der Waals surface area contributed by atoms with Crippen LogP contribution in [-0.4, -0.2) is 73.4 Å². The number of unbranched alkanes of at least 4 members (excludes halogenated alkanes) is 6. The average molecular weight is 389 g/mol. The van der Waals surface area contributed by atoms with Gasteiger partial charge in [0.15, 0.2) is 12.6 Å². The van der Waals surface area contributed by atoms with Crippen LogP contribution in [0.3, 0.4) is 0 Å². The summed E-state index contributed by atoms with van der Waals surface area (Å²) in [6, 6.07) is -0.676. The Morgan fingerprint density at radius 1 is 1.15 bits per heavy atom. The van der Waals surface area contributed by atoms with Crippen LogP contribution in [0.15, 0.2) is 0 Å². The van der Waals surface area contributed by atoms with Crippen molar-refractivity contribution in [1.82, 2.24) is 5.32 Å². The Morgan fingerprint density at radius 2 is 1.85 bits per heavy atom. The Balaban J connectivity index is 1.77. The zero-order valence-electron chi connectivity index (χ0n) is 16.5. The van der Waals surface area contributed by atoms with Gasteiger partial charge in [0.2, 0.25) is 0 Å². The molecular weight excluding hydrogens is 354 g/mol. The maximum Gasteiger partial charge on any atom is 0.317 e. The number of aliphatic hydroxyl groups excluding tert-OH is 1. The van der Waals surface area contributed by atoms with Crippen LogP contribution in [0.4, 0.5) is 0 Å². The topological polar surface area (TPSA) is 106 Å². The van der Waals surface area contributed by atoms with E-state index in [0.29, 0.717) is 6.61 Å². The second kappa shape index (κ2) is 11.9. The van der Waals surface area contributed by atoms with Gasteiger partial charge in [0.1, 0.15) is 18.3 Å². The second-order valence-electron chi connectivity index (χ2n) is 7.34. The second-order valence-corrected chi connectivity index (χ2v) is 7.34. The van der Waals surface area contributed by atoms with E-state index in [9.17, 15) is 9.90 Å². The van der Waals surface area contributed by atoms with E-state index < -0.39 is 36.6 Å². The van der Waals surface area contributed by atoms with Crippen molar-refractivity contribution in [2.45, 2.75) is 95.2 Å². The number of carboxylic acid groups (broad SMARTS) is 1. The number of aliphatic hydroxyl groups is 1. The number of methoxy groups -OCH3 is 1. The van der Waals surface area contributed by atoms with E-state index in [1.807, 2.05) is 0 Å². The number of carboxylic acids is 1. The van der Waals surface area contributed by atoms with Crippen molar-refractivity contribution in [1.29, 1.82) is 0 Å². The maximum atomic E-state index is 10.8. The molecule has 2 rings (SSSR count). The lowest BCUT2D eigenvalue weighted by Crippen LogP contribution is -2.67. The van der Waals surface area contributed by atoms with Gasteiger partial charge in [-0.05, 0) is 12.8 Å². The third kappa shape index (κ3) is 6.96. The number of fused-ring (bicyclic) bond motifs is 1. The van der Waals surface area contributed by atoms with Gasteiger partial charge in [0.05, 0.1) is 19.2 Å². The highest BCUT2D eigenvalue weighted by molar-refractivity contribution is 5.69. The minimum atomic E-state index is -1.01. The minimum Gasteiger partial charge on any atom is -0.480 e. The highest BCUT2D eigenvalue weighted by Gasteiger charge is 2.49. The molecule has 0 amide bonds. The molecule has 2 saturated heterocycles. The van der Waals surface area contributed by atoms with Crippen LogP contribution >= 0.6 is 0 Å². The first-order valence-corrected chi connectivity index (χ1v) is 10.1. The van der Waals surface area contributed by atoms with Crippen LogP contribution in [0.1, 0.15) is 58.3 Å². The van der Waals surface area contributed by atoms with Gasteiger partial charge in [-0.2, -0.15) is 0 Å². The van der Waals surface area contributed by atoms with Crippen LogP contribution in [-0.2, 0) is 23.7 Å². The lowest BCUT2D eigenvalue weighted by Gasteiger charge is -2.47. The SMILES string of the molecule is CCCCCCCCCC1OC[C@H]2O[C@H](OC)[C@H](NCC(=O)O)[C@@H](O)[C@@H]2O1. The van der Waals surface area contributed by atoms with E-state index in [1.165, 1.54) is 39.2 Å². The summed E-state index contributed by atoms with van der Waals surface area (Å²) < 4.78 is 22.7. The van der Waals surface area contributed by atoms with Crippen molar-refractivity contribution in [3.8, 4) is 0 Å². The summed E-state index contributed by atoms with van der Waals surface area (Å²) in [5.74, 6) is -1.01. The third-order valence-corrected chi connectivity index (χ3v) is 5.19. The molecule has 6 atom stereocenters. The maximum absolute atomic E-state index is 10.8. The Morgan fingerprint density at radius 3 is 2.52 bits per heavy atom. The number of rotatable bonds is 12. The summed E-state index contributed by atoms with van der Waals surface area (Å²) in [5, 5.41) is 22.3. The van der Waals surface area contributed by atoms with Crippen molar-refractivity contribution < 1.29 is 34.0 Å². The molecule has 2 heterocycles. The first kappa shape index (κ1) is 22.5. The van der Waals surface area contributed by atoms with Gasteiger partial charge < -0.3 is 29.2 Å². The molecule has 0 aromatic heterocycles. The molecule has 0 spiro atoms. The van der Waals surface area contributed by atoms with Crippen molar-refractivity contribution in [2.75, 3.05) is 20.3 Å². The molecule has 0 aromatic rings. The fraction of sp³-hybridized carbons (Fsp3) is 0.947. The smallest absolute Gasteiger partial charge is 0.317 e. The first-order chi connectivity index (χ1) is 13.1. The largest absolute Gasteiger partial charge is 0.480 e. The lowest BCUT2D eigenvalue weighted by atomic mass is 9.95. The van der Waals surface area contributed by atoms with Gasteiger partial charge in [-0.15, -0.1) is 0 Å². The van der Waals surface area contributed by atoms with E-state index in [-0.39, 0.29) is 12.8 Å². The van der Waals surface area contributed by atoms with Gasteiger partial charge >= 0.3 is 5.97 Å². The number of hydrogen-bond donors (Lipinski definition) is 3. The number of nitrogens with one attached hydrogen (secondary N) is 1. The summed E-state index contributed by atoms with van der Waals surface area (Å²) in [7, 11) is 1.46. The first-order valence-electron chi connectivity index (χ1n) is 10.1. The zero-order valence-corrected chi connectivity index (χ0v) is 16.5. The number of aliphatic carboxylic acids is 1. The van der Waals surface area contributed by atoms with Crippen molar-refractivity contribution in [3.05, 3.63) is 0 Å². The predicted octanol–water partition coefficient (Wildman–Crippen LogP) is 1.64. The van der Waals surface area contributed by atoms with Crippen LogP contribution in [0, 0.1) is 0 Å². The van der Waals surface area contributed by atoms with E-state index in [0.717, 1.165) is 19.3 Å². The van der Waals surface area contributed by atoms with E-state index >= 15 is 0 Å². The third-order valence-electron chi connectivity index (χ3n) is 5.19. The van der Waals surface area contributed by atoms with E-state index in [1.54, 1.807) is 0 Å². The molecule has 2 fully saturated rings. The van der Waals surface area contributed by atoms with E-state index in [2.05, 4.69) is 12.2 Å². The molecular formula is C19H35NO7. The molecule has 3 N–H and O–H groups in total. The van der Waals surface area contributed by atoms with Crippen LogP contribution in [0.25, 0.3) is 0 Å². The summed E-state index contributed by atoms with van der Waals surface area (Å²) >= 11 is 0. The van der Waals surface area contributed by atoms with E-state index in [4.69, 9.17) is 24.1 Å². The monoisotopic (exact) mass is 389 g/mol. The molecule has 27 heavy (non-hydrogen) atoms. The van der Waals surface area contributed by atoms with Gasteiger partial charge in [0, 0.05) is 7.11 Å². The van der Waals surface area contributed by atoms with Gasteiger partial charge in [-0.1, -0.05) is 45.4 Å². The number of hydrogen-bond acceptors (Lipinski definition) is 7. The minimum absolute atomic E-state index is 0.291. The Bertz CT molecular complexity index is 436. The predicted molar refractivity (Wildman–Crippen MR) is 98.3 cm³/mol. The number of ether oxygens (including phenoxy) is 4. The molecule has 0 saturated carbocycles. The Labute approximate surface area is 161 Å². The zero-order chi connectivity index (χ0) is 19.6. The van der Waals surface area contributed by atoms with Crippen LogP contribution < -0.4 is 5.32 Å². The highest BCUT2D eigenvalue weighted by atomic mass is 16.7. The fourth-order valence-corrected chi connectivity index (χ4v) is 3.68. The number of carbonyl (C=O) groups is 1. The molecule has 2 aliphatic rings. The van der Waals surface area contributed by atoms with Crippen LogP contribution in [0.5, 0.6) is 0 Å². The van der Waals surface area contributed by atoms with Crippen molar-refractivity contribution in [3.63, 3.8) is 0 Å². The molecule has 0 aliphatic carbocycles. The molecule has 0 bridgehead atoms. The van der Waals surface area contributed by atoms with Crippen molar-refractivity contribution >= 4 is 5.97 Å². The standard InChI is InChI=1S/C19H35NO7/c1-3-4-5-6-7-8-9-10-15-25-12-13-18(27-15)17(23)16(19(24-2)26-13)20-11-14(21)22/h13,15-20,23H,3-12H2,1-2H3,(H,21,22)/t13-,15?,16-,17-,18-,19+/m1/s1. The molecule has 8 nitrogen and oxygen atoms in total. The van der Waals surface area contributed by atoms with Gasteiger partial charge in [-0.25, -0.2) is 0 Å². The van der Waals surface area contributed by atoms with Gasteiger partial charge in [-0.3, -0.25) is 10.1 Å². The lowest BCUT2D eigenvalue weighted by molar-refractivity contribution is -0.339. The summed E-state index contributed by atoms with van der Waals surface area (Å²) in [6.07, 6.45) is 6.24. The van der Waals surface area contributed by atoms with Gasteiger partial charge in [0.25, 0.3) is 0 Å². The fourth-order valence-electron chi connectivity index (χ4n) is 3.68. The Hall–Kier alpha value is -0.770. The average Bonchev–Trinajstić information content (AvgIpc) is 2.66. The summed E-state index contributed by atoms with van der Waals surface area (Å²) in [6.45, 7) is 2.25. The van der Waals surface area contributed by atoms with Crippen molar-refractivity contribution in [2.24, 2.45) is 0 Å². The van der Waals surface area contributed by atoms with Crippen LogP contribution in [0.2, 0.25) is 0 Å². The Kier molecular flexibility index (Phi) is 9.95. The quantitative estimate of drug-likeness (QED) is 0.433. The normalized spacial score (nSPS) is 33.6. The molecule has 0 radical (unpaired) electrons.